The number of rotatable bonds is 8. The van der Waals surface area contributed by atoms with Crippen LogP contribution >= 0.6 is 23.4 Å². The van der Waals surface area contributed by atoms with Crippen LogP contribution < -0.4 is 19.7 Å². The monoisotopic (exact) mass is 612 g/mol. The average Bonchev–Trinajstić information content (AvgIpc) is 3.61. The maximum absolute atomic E-state index is 13.9. The van der Waals surface area contributed by atoms with Crippen LogP contribution in [0.5, 0.6) is 11.5 Å². The van der Waals surface area contributed by atoms with Crippen molar-refractivity contribution in [2.75, 3.05) is 44.6 Å². The number of hydrogen-bond acceptors (Lipinski definition) is 7. The smallest absolute Gasteiger partial charge is 0.240 e. The number of carbonyl (C=O) groups excluding carboxylic acids is 2. The Morgan fingerprint density at radius 3 is 2.64 bits per heavy atom. The van der Waals surface area contributed by atoms with Crippen LogP contribution in [0, 0.1) is 0 Å². The molecule has 0 aliphatic carbocycles. The number of fused-ring (bicyclic) bond motifs is 1. The number of hydrogen-bond donors (Lipinski definition) is 1. The van der Waals surface area contributed by atoms with Crippen LogP contribution in [0.25, 0.3) is 5.69 Å². The Labute approximate surface area is 255 Å². The Bertz CT molecular complexity index is 1460. The summed E-state index contributed by atoms with van der Waals surface area (Å²) in [4.78, 5) is 28.8. The molecule has 2 atom stereocenters. The lowest BCUT2D eigenvalue weighted by Gasteiger charge is -2.25. The number of halogens is 1. The van der Waals surface area contributed by atoms with E-state index in [1.54, 1.807) is 29.9 Å². The number of benzene rings is 2. The van der Waals surface area contributed by atoms with Gasteiger partial charge in [-0.05, 0) is 43.2 Å². The number of amides is 2. The second-order valence-electron chi connectivity index (χ2n) is 11.4. The van der Waals surface area contributed by atoms with Crippen molar-refractivity contribution in [3.05, 3.63) is 64.3 Å². The van der Waals surface area contributed by atoms with Gasteiger partial charge in [0.2, 0.25) is 11.8 Å². The zero-order valence-corrected chi connectivity index (χ0v) is 26.2. The number of carbonyl (C=O) groups is 2. The molecule has 0 spiro atoms. The fourth-order valence-corrected chi connectivity index (χ4v) is 6.82. The largest absolute Gasteiger partial charge is 0.497 e. The molecule has 2 aromatic carbocycles. The second-order valence-corrected chi connectivity index (χ2v) is 12.9. The Balaban J connectivity index is 1.70. The Morgan fingerprint density at radius 1 is 1.19 bits per heavy atom. The number of nitrogens with zero attached hydrogens (tertiary/aromatic N) is 3. The van der Waals surface area contributed by atoms with Crippen LogP contribution in [0.4, 0.5) is 5.82 Å². The third-order valence-corrected chi connectivity index (χ3v) is 9.01. The van der Waals surface area contributed by atoms with Gasteiger partial charge in [-0.25, -0.2) is 4.68 Å². The fourth-order valence-electron chi connectivity index (χ4n) is 5.39. The lowest BCUT2D eigenvalue weighted by atomic mass is 9.87. The van der Waals surface area contributed by atoms with Crippen molar-refractivity contribution in [1.29, 1.82) is 0 Å². The number of ether oxygens (including phenoxy) is 3. The third-order valence-electron chi connectivity index (χ3n) is 7.45. The van der Waals surface area contributed by atoms with Crippen molar-refractivity contribution in [2.24, 2.45) is 0 Å². The molecule has 1 fully saturated rings. The minimum absolute atomic E-state index is 0.00838. The van der Waals surface area contributed by atoms with Gasteiger partial charge < -0.3 is 19.5 Å². The van der Waals surface area contributed by atoms with Gasteiger partial charge in [0.05, 0.1) is 47.7 Å². The molecule has 5 rings (SSSR count). The van der Waals surface area contributed by atoms with Crippen LogP contribution in [0.15, 0.2) is 42.5 Å². The van der Waals surface area contributed by atoms with E-state index in [9.17, 15) is 9.59 Å². The first-order valence-electron chi connectivity index (χ1n) is 14.0. The quantitative estimate of drug-likeness (QED) is 0.369. The summed E-state index contributed by atoms with van der Waals surface area (Å²) in [7, 11) is 3.25. The molecule has 11 heteroatoms. The van der Waals surface area contributed by atoms with Crippen LogP contribution in [0.1, 0.15) is 55.7 Å². The molecule has 0 bridgehead atoms. The van der Waals surface area contributed by atoms with E-state index >= 15 is 0 Å². The number of methoxy groups -OCH3 is 2. The summed E-state index contributed by atoms with van der Waals surface area (Å²) < 4.78 is 18.8. The Morgan fingerprint density at radius 2 is 1.98 bits per heavy atom. The summed E-state index contributed by atoms with van der Waals surface area (Å²) in [5.41, 5.74) is 2.68. The maximum atomic E-state index is 13.9. The lowest BCUT2D eigenvalue weighted by molar-refractivity contribution is -0.123. The van der Waals surface area contributed by atoms with E-state index in [1.807, 2.05) is 36.4 Å². The number of anilines is 1. The molecule has 1 aromatic heterocycles. The minimum atomic E-state index is -0.414. The van der Waals surface area contributed by atoms with E-state index < -0.39 is 5.41 Å². The molecule has 2 aliphatic rings. The van der Waals surface area contributed by atoms with Gasteiger partial charge in [-0.15, -0.1) is 11.8 Å². The topological polar surface area (TPSA) is 94.9 Å². The van der Waals surface area contributed by atoms with E-state index in [2.05, 4.69) is 26.1 Å². The number of thioether (sulfide) groups is 1. The third kappa shape index (κ3) is 6.11. The standard InChI is InChI=1S/C31H37ClN4O5S/c1-31(2,3)29-27-28(21-15-19(39-4)12-13-24(21)40-5)42-18-26(38)35(17-25(37)33-16-20-9-8-14-41-20)30(27)36(34-29)23-11-7-6-10-22(23)32/h6-7,10-13,15,20,28H,8-9,14,16-18H2,1-5H3,(H,33,37). The van der Waals surface area contributed by atoms with Gasteiger partial charge in [0.1, 0.15) is 23.9 Å². The molecular formula is C31H37ClN4O5S. The van der Waals surface area contributed by atoms with E-state index in [0.717, 1.165) is 29.7 Å². The van der Waals surface area contributed by atoms with Gasteiger partial charge in [0.15, 0.2) is 0 Å². The normalized spacial score (nSPS) is 18.9. The zero-order chi connectivity index (χ0) is 30.0. The first-order valence-corrected chi connectivity index (χ1v) is 15.5. The number of aromatic nitrogens is 2. The fraction of sp³-hybridized carbons (Fsp3) is 0.452. The van der Waals surface area contributed by atoms with Crippen LogP contribution in [0.2, 0.25) is 5.02 Å². The highest BCUT2D eigenvalue weighted by atomic mass is 35.5. The summed E-state index contributed by atoms with van der Waals surface area (Å²) in [6, 6.07) is 13.0. The van der Waals surface area contributed by atoms with Crippen LogP contribution in [-0.2, 0) is 19.7 Å². The summed E-state index contributed by atoms with van der Waals surface area (Å²) >= 11 is 8.20. The molecule has 224 valence electrons. The summed E-state index contributed by atoms with van der Waals surface area (Å²) in [6.07, 6.45) is 1.88. The van der Waals surface area contributed by atoms with Crippen molar-refractivity contribution in [3.8, 4) is 17.2 Å². The molecule has 42 heavy (non-hydrogen) atoms. The molecule has 0 radical (unpaired) electrons. The van der Waals surface area contributed by atoms with Gasteiger partial charge in [-0.3, -0.25) is 14.5 Å². The van der Waals surface area contributed by atoms with Crippen LogP contribution in [0.3, 0.4) is 0 Å². The van der Waals surface area contributed by atoms with E-state index in [0.29, 0.717) is 41.2 Å². The van der Waals surface area contributed by atoms with Crippen molar-refractivity contribution in [3.63, 3.8) is 0 Å². The van der Waals surface area contributed by atoms with Gasteiger partial charge >= 0.3 is 0 Å². The molecule has 9 nitrogen and oxygen atoms in total. The lowest BCUT2D eigenvalue weighted by Crippen LogP contribution is -2.44. The first-order chi connectivity index (χ1) is 20.1. The molecule has 3 aromatic rings. The maximum Gasteiger partial charge on any atom is 0.240 e. The summed E-state index contributed by atoms with van der Waals surface area (Å²) in [5, 5.41) is 8.21. The van der Waals surface area contributed by atoms with E-state index in [1.165, 1.54) is 11.8 Å². The molecular weight excluding hydrogens is 576 g/mol. The highest BCUT2D eigenvalue weighted by molar-refractivity contribution is 8.00. The Hall–Kier alpha value is -3.21. The molecule has 1 saturated heterocycles. The highest BCUT2D eigenvalue weighted by Gasteiger charge is 2.41. The predicted molar refractivity (Wildman–Crippen MR) is 165 cm³/mol. The average molecular weight is 613 g/mol. The molecule has 3 heterocycles. The molecule has 0 saturated carbocycles. The SMILES string of the molecule is COc1ccc(OC)c(C2SCC(=O)N(CC(=O)NCC3CCCO3)c3c2c(C(C)(C)C)nn3-c2ccccc2Cl)c1. The number of nitrogens with one attached hydrogen (secondary N) is 1. The molecule has 2 unspecified atom stereocenters. The summed E-state index contributed by atoms with van der Waals surface area (Å²) in [6.45, 7) is 7.20. The van der Waals surface area contributed by atoms with Crippen LogP contribution in [-0.4, -0.2) is 67.4 Å². The van der Waals surface area contributed by atoms with Crippen molar-refractivity contribution >= 4 is 41.0 Å². The van der Waals surface area contributed by atoms with Crippen molar-refractivity contribution in [1.82, 2.24) is 15.1 Å². The van der Waals surface area contributed by atoms with Crippen molar-refractivity contribution < 1.29 is 23.8 Å². The van der Waals surface area contributed by atoms with Gasteiger partial charge in [0.25, 0.3) is 0 Å². The second kappa shape index (κ2) is 12.6. The van der Waals surface area contributed by atoms with E-state index in [4.69, 9.17) is 30.9 Å². The van der Waals surface area contributed by atoms with Gasteiger partial charge in [0, 0.05) is 29.7 Å². The predicted octanol–water partition coefficient (Wildman–Crippen LogP) is 5.30. The van der Waals surface area contributed by atoms with E-state index in [-0.39, 0.29) is 35.5 Å². The molecule has 2 aliphatic heterocycles. The number of para-hydroxylation sites is 1. The minimum Gasteiger partial charge on any atom is -0.497 e. The van der Waals surface area contributed by atoms with Gasteiger partial charge in [-0.2, -0.15) is 5.10 Å². The summed E-state index contributed by atoms with van der Waals surface area (Å²) in [5.74, 6) is 1.53. The zero-order valence-electron chi connectivity index (χ0n) is 24.6. The highest BCUT2D eigenvalue weighted by Crippen LogP contribution is 2.51. The Kier molecular flexibility index (Phi) is 9.05. The van der Waals surface area contributed by atoms with Crippen molar-refractivity contribution in [2.45, 2.75) is 50.4 Å². The first kappa shape index (κ1) is 30.3. The van der Waals surface area contributed by atoms with Gasteiger partial charge in [-0.1, -0.05) is 44.5 Å². The molecule has 2 amide bonds. The molecule has 1 N–H and O–H groups in total.